The van der Waals surface area contributed by atoms with Crippen LogP contribution in [0, 0.1) is 6.92 Å². The highest BCUT2D eigenvalue weighted by Crippen LogP contribution is 2.01. The number of nitrogens with one attached hydrogen (secondary N) is 1. The van der Waals surface area contributed by atoms with Gasteiger partial charge in [-0.05, 0) is 19.1 Å². The van der Waals surface area contributed by atoms with Gasteiger partial charge in [-0.15, -0.1) is 0 Å². The van der Waals surface area contributed by atoms with Crippen LogP contribution >= 0.6 is 0 Å². The van der Waals surface area contributed by atoms with Gasteiger partial charge in [0.05, 0.1) is 0 Å². The Hall–Kier alpha value is -1.84. The Bertz CT molecular complexity index is 380. The quantitative estimate of drug-likeness (QED) is 0.749. The normalized spacial score (nSPS) is 9.92. The lowest BCUT2D eigenvalue weighted by atomic mass is 10.5. The first-order valence-corrected chi connectivity index (χ1v) is 4.04. The van der Waals surface area contributed by atoms with Crippen molar-refractivity contribution in [1.82, 2.24) is 14.6 Å². The van der Waals surface area contributed by atoms with Crippen LogP contribution in [0.5, 0.6) is 0 Å². The van der Waals surface area contributed by atoms with Gasteiger partial charge in [-0.2, -0.15) is 0 Å². The lowest BCUT2D eigenvalue weighted by molar-refractivity contribution is 0.933. The van der Waals surface area contributed by atoms with Gasteiger partial charge in [0.25, 0.3) is 0 Å². The maximum Gasteiger partial charge on any atom is 0.148 e. The molecule has 0 saturated heterocycles. The number of hydrogen-bond donors (Lipinski definition) is 1. The fourth-order valence-corrected chi connectivity index (χ4v) is 1.06. The Morgan fingerprint density at radius 2 is 2.08 bits per heavy atom. The maximum absolute atomic E-state index is 4.20. The number of rotatable bonds is 2. The van der Waals surface area contributed by atoms with E-state index in [0.29, 0.717) is 0 Å². The fourth-order valence-electron chi connectivity index (χ4n) is 1.06. The molecule has 0 aromatic carbocycles. The predicted molar refractivity (Wildman–Crippen MR) is 50.2 cm³/mol. The Morgan fingerprint density at radius 3 is 2.77 bits per heavy atom. The topological polar surface area (TPSA) is 42.7 Å². The van der Waals surface area contributed by atoms with Crippen LogP contribution < -0.4 is 5.43 Å². The van der Waals surface area contributed by atoms with Crippen molar-refractivity contribution in [1.29, 1.82) is 0 Å². The van der Waals surface area contributed by atoms with Gasteiger partial charge in [0.15, 0.2) is 0 Å². The van der Waals surface area contributed by atoms with Crippen LogP contribution in [0.4, 0.5) is 5.82 Å². The monoisotopic (exact) mass is 174 g/mol. The van der Waals surface area contributed by atoms with Crippen LogP contribution in [-0.2, 0) is 0 Å². The zero-order valence-electron chi connectivity index (χ0n) is 7.31. The summed E-state index contributed by atoms with van der Waals surface area (Å²) < 4.78 is 1.84. The average molecular weight is 174 g/mol. The average Bonchev–Trinajstić information content (AvgIpc) is 2.57. The maximum atomic E-state index is 4.20. The highest BCUT2D eigenvalue weighted by molar-refractivity contribution is 5.32. The predicted octanol–water partition coefficient (Wildman–Crippen LogP) is 1.46. The first-order chi connectivity index (χ1) is 6.34. The van der Waals surface area contributed by atoms with Crippen molar-refractivity contribution in [3.8, 4) is 0 Å². The molecule has 0 saturated carbocycles. The minimum Gasteiger partial charge on any atom is -0.278 e. The molecule has 0 amide bonds. The molecular formula is C9H10N4. The second kappa shape index (κ2) is 3.26. The second-order valence-electron chi connectivity index (χ2n) is 2.69. The smallest absolute Gasteiger partial charge is 0.148 e. The number of hydrogen-bond acceptors (Lipinski definition) is 3. The highest BCUT2D eigenvalue weighted by Gasteiger charge is 1.93. The van der Waals surface area contributed by atoms with Crippen molar-refractivity contribution < 1.29 is 0 Å². The molecule has 1 N–H and O–H groups in total. The largest absolute Gasteiger partial charge is 0.278 e. The number of aromatic nitrogens is 3. The summed E-state index contributed by atoms with van der Waals surface area (Å²) in [5.41, 5.74) is 3.09. The molecule has 0 aliphatic heterocycles. The van der Waals surface area contributed by atoms with E-state index in [9.17, 15) is 0 Å². The Labute approximate surface area is 76.2 Å². The summed E-state index contributed by atoms with van der Waals surface area (Å²) in [6.45, 7) is 1.86. The molecule has 0 radical (unpaired) electrons. The van der Waals surface area contributed by atoms with Gasteiger partial charge in [0, 0.05) is 24.7 Å². The van der Waals surface area contributed by atoms with E-state index in [2.05, 4.69) is 15.4 Å². The lowest BCUT2D eigenvalue weighted by Crippen LogP contribution is -2.07. The molecule has 0 atom stereocenters. The Morgan fingerprint density at radius 1 is 1.31 bits per heavy atom. The Kier molecular flexibility index (Phi) is 1.96. The van der Waals surface area contributed by atoms with Gasteiger partial charge in [0.2, 0.25) is 0 Å². The summed E-state index contributed by atoms with van der Waals surface area (Å²) in [6.07, 6.45) is 5.56. The van der Waals surface area contributed by atoms with Gasteiger partial charge >= 0.3 is 0 Å². The van der Waals surface area contributed by atoms with E-state index in [4.69, 9.17) is 0 Å². The van der Waals surface area contributed by atoms with Crippen LogP contribution in [-0.4, -0.2) is 14.6 Å². The molecule has 2 heterocycles. The minimum atomic E-state index is 0.761. The van der Waals surface area contributed by atoms with Gasteiger partial charge in [-0.1, -0.05) is 0 Å². The van der Waals surface area contributed by atoms with E-state index in [1.807, 2.05) is 42.2 Å². The molecule has 66 valence electrons. The third-order valence-corrected chi connectivity index (χ3v) is 1.62. The van der Waals surface area contributed by atoms with Crippen molar-refractivity contribution in [2.75, 3.05) is 5.43 Å². The molecule has 0 aliphatic carbocycles. The molecule has 0 bridgehead atoms. The fraction of sp³-hybridized carbons (Fsp3) is 0.111. The third-order valence-electron chi connectivity index (χ3n) is 1.62. The summed E-state index contributed by atoms with van der Waals surface area (Å²) in [4.78, 5) is 8.21. The zero-order chi connectivity index (χ0) is 9.10. The molecule has 4 heteroatoms. The number of aryl methyl sites for hydroxylation is 1. The summed E-state index contributed by atoms with van der Waals surface area (Å²) in [5, 5.41) is 0. The summed E-state index contributed by atoms with van der Waals surface area (Å²) >= 11 is 0. The van der Waals surface area contributed by atoms with Gasteiger partial charge in [0.1, 0.15) is 11.6 Å². The number of nitrogens with zero attached hydrogens (tertiary/aromatic N) is 3. The van der Waals surface area contributed by atoms with Crippen molar-refractivity contribution in [3.63, 3.8) is 0 Å². The van der Waals surface area contributed by atoms with Crippen molar-refractivity contribution in [2.45, 2.75) is 6.92 Å². The van der Waals surface area contributed by atoms with Crippen molar-refractivity contribution >= 4 is 5.82 Å². The van der Waals surface area contributed by atoms with E-state index in [1.165, 1.54) is 0 Å². The summed E-state index contributed by atoms with van der Waals surface area (Å²) in [6, 6.07) is 5.72. The molecule has 0 fully saturated rings. The van der Waals surface area contributed by atoms with Crippen LogP contribution in [0.25, 0.3) is 0 Å². The van der Waals surface area contributed by atoms with E-state index in [-0.39, 0.29) is 0 Å². The van der Waals surface area contributed by atoms with Gasteiger partial charge < -0.3 is 0 Å². The third kappa shape index (κ3) is 1.84. The molecule has 2 rings (SSSR count). The van der Waals surface area contributed by atoms with Crippen LogP contribution in [0.1, 0.15) is 5.82 Å². The van der Waals surface area contributed by atoms with Crippen molar-refractivity contribution in [2.24, 2.45) is 0 Å². The lowest BCUT2D eigenvalue weighted by Gasteiger charge is -2.05. The highest BCUT2D eigenvalue weighted by atomic mass is 15.4. The van der Waals surface area contributed by atoms with Crippen molar-refractivity contribution in [3.05, 3.63) is 42.6 Å². The minimum absolute atomic E-state index is 0.761. The zero-order valence-corrected chi connectivity index (χ0v) is 7.31. The summed E-state index contributed by atoms with van der Waals surface area (Å²) in [5.74, 6) is 1.56. The van der Waals surface area contributed by atoms with E-state index in [1.54, 1.807) is 6.20 Å². The van der Waals surface area contributed by atoms with E-state index >= 15 is 0 Å². The Balaban J connectivity index is 2.19. The molecule has 2 aromatic rings. The second-order valence-corrected chi connectivity index (χ2v) is 2.69. The van der Waals surface area contributed by atoms with E-state index < -0.39 is 0 Å². The van der Waals surface area contributed by atoms with Crippen LogP contribution in [0.3, 0.4) is 0 Å². The molecule has 0 aliphatic rings. The first kappa shape index (κ1) is 7.79. The molecular weight excluding hydrogens is 164 g/mol. The molecule has 13 heavy (non-hydrogen) atoms. The number of anilines is 1. The van der Waals surface area contributed by atoms with Gasteiger partial charge in [-0.3, -0.25) is 10.1 Å². The van der Waals surface area contributed by atoms with Gasteiger partial charge in [-0.25, -0.2) is 9.97 Å². The standard InChI is InChI=1S/C9H10N4/c1-8-10-5-4-9(11-8)12-13-6-2-3-7-13/h2-7H,1H3,(H,10,11,12). The van der Waals surface area contributed by atoms with Crippen LogP contribution in [0.2, 0.25) is 0 Å². The summed E-state index contributed by atoms with van der Waals surface area (Å²) in [7, 11) is 0. The SMILES string of the molecule is Cc1nccc(Nn2cccc2)n1. The first-order valence-electron chi connectivity index (χ1n) is 4.04. The molecule has 4 nitrogen and oxygen atoms in total. The molecule has 0 unspecified atom stereocenters. The van der Waals surface area contributed by atoms with E-state index in [0.717, 1.165) is 11.6 Å². The molecule has 2 aromatic heterocycles. The van der Waals surface area contributed by atoms with Crippen LogP contribution in [0.15, 0.2) is 36.8 Å². The molecule has 0 spiro atoms.